The molecule has 1 fully saturated rings. The van der Waals surface area contributed by atoms with E-state index in [2.05, 4.69) is 11.9 Å². The highest BCUT2D eigenvalue weighted by molar-refractivity contribution is 7.14. The molecule has 0 bridgehead atoms. The van der Waals surface area contributed by atoms with Gasteiger partial charge in [-0.2, -0.15) is 0 Å². The van der Waals surface area contributed by atoms with E-state index >= 15 is 0 Å². The Morgan fingerprint density at radius 1 is 1.15 bits per heavy atom. The molecule has 0 unspecified atom stereocenters. The molecule has 2 heterocycles. The lowest BCUT2D eigenvalue weighted by Crippen LogP contribution is -2.47. The molecule has 5 heteroatoms. The summed E-state index contributed by atoms with van der Waals surface area (Å²) in [5.41, 5.74) is 1.29. The van der Waals surface area contributed by atoms with Gasteiger partial charge in [0.15, 0.2) is 0 Å². The molecule has 1 aromatic rings. The molecule has 0 aromatic carbocycles. The first-order chi connectivity index (χ1) is 9.70. The fourth-order valence-corrected chi connectivity index (χ4v) is 4.37. The van der Waals surface area contributed by atoms with Crippen molar-refractivity contribution in [1.29, 1.82) is 0 Å². The van der Waals surface area contributed by atoms with Gasteiger partial charge >= 0.3 is 0 Å². The van der Waals surface area contributed by atoms with Gasteiger partial charge in [0.25, 0.3) is 5.91 Å². The van der Waals surface area contributed by atoms with Crippen molar-refractivity contribution in [2.24, 2.45) is 0 Å². The fraction of sp³-hybridized carbons (Fsp3) is 0.667. The van der Waals surface area contributed by atoms with Crippen LogP contribution in [-0.2, 0) is 12.8 Å². The van der Waals surface area contributed by atoms with E-state index in [1.165, 1.54) is 23.3 Å². The van der Waals surface area contributed by atoms with Crippen LogP contribution in [0.4, 0.5) is 0 Å². The van der Waals surface area contributed by atoms with Crippen molar-refractivity contribution in [2.75, 3.05) is 40.3 Å². The van der Waals surface area contributed by atoms with E-state index < -0.39 is 0 Å². The summed E-state index contributed by atoms with van der Waals surface area (Å²) in [6, 6.07) is 0. The Kier molecular flexibility index (Phi) is 3.98. The van der Waals surface area contributed by atoms with E-state index in [9.17, 15) is 4.79 Å². The van der Waals surface area contributed by atoms with Crippen molar-refractivity contribution < 1.29 is 9.53 Å². The van der Waals surface area contributed by atoms with Gasteiger partial charge in [-0.05, 0) is 32.7 Å². The number of thiophene rings is 1. The van der Waals surface area contributed by atoms with Gasteiger partial charge in [-0.15, -0.1) is 11.3 Å². The second kappa shape index (κ2) is 5.74. The Labute approximate surface area is 124 Å². The summed E-state index contributed by atoms with van der Waals surface area (Å²) in [7, 11) is 3.80. The van der Waals surface area contributed by atoms with E-state index in [1.54, 1.807) is 18.4 Å². The van der Waals surface area contributed by atoms with Crippen molar-refractivity contribution in [3.8, 4) is 5.75 Å². The van der Waals surface area contributed by atoms with Crippen LogP contribution in [0.3, 0.4) is 0 Å². The number of amides is 1. The molecule has 1 aliphatic carbocycles. The van der Waals surface area contributed by atoms with E-state index in [0.29, 0.717) is 0 Å². The number of methoxy groups -OCH3 is 1. The maximum Gasteiger partial charge on any atom is 0.267 e. The number of piperazine rings is 1. The average Bonchev–Trinajstić information content (AvgIpc) is 2.85. The highest BCUT2D eigenvalue weighted by Gasteiger charge is 2.29. The Balaban J connectivity index is 1.86. The molecule has 1 aliphatic heterocycles. The number of hydrogen-bond donors (Lipinski definition) is 0. The molecule has 0 saturated carbocycles. The predicted octanol–water partition coefficient (Wildman–Crippen LogP) is 2.02. The average molecular weight is 294 g/mol. The van der Waals surface area contributed by atoms with Gasteiger partial charge in [-0.3, -0.25) is 4.79 Å². The second-order valence-electron chi connectivity index (χ2n) is 5.67. The molecule has 0 N–H and O–H groups in total. The Hall–Kier alpha value is -1.07. The zero-order chi connectivity index (χ0) is 14.1. The topological polar surface area (TPSA) is 32.8 Å². The van der Waals surface area contributed by atoms with Crippen molar-refractivity contribution in [1.82, 2.24) is 9.80 Å². The summed E-state index contributed by atoms with van der Waals surface area (Å²) in [6.07, 6.45) is 4.61. The minimum absolute atomic E-state index is 0.161. The third-order valence-electron chi connectivity index (χ3n) is 4.31. The van der Waals surface area contributed by atoms with Crippen molar-refractivity contribution in [3.63, 3.8) is 0 Å². The number of nitrogens with zero attached hydrogens (tertiary/aromatic N) is 2. The van der Waals surface area contributed by atoms with Gasteiger partial charge in [0.1, 0.15) is 10.6 Å². The Bertz CT molecular complexity index is 504. The highest BCUT2D eigenvalue weighted by Crippen LogP contribution is 2.40. The number of fused-ring (bicyclic) bond motifs is 1. The van der Waals surface area contributed by atoms with Crippen LogP contribution in [0.15, 0.2) is 0 Å². The number of carbonyl (C=O) groups excluding carboxylic acids is 1. The smallest absolute Gasteiger partial charge is 0.267 e. The normalized spacial score (nSPS) is 19.8. The summed E-state index contributed by atoms with van der Waals surface area (Å²) in [5, 5.41) is 0. The molecule has 0 radical (unpaired) electrons. The van der Waals surface area contributed by atoms with Gasteiger partial charge in [-0.1, -0.05) is 0 Å². The Morgan fingerprint density at radius 2 is 1.85 bits per heavy atom. The molecule has 0 spiro atoms. The zero-order valence-corrected chi connectivity index (χ0v) is 13.1. The van der Waals surface area contributed by atoms with Gasteiger partial charge in [-0.25, -0.2) is 0 Å². The van der Waals surface area contributed by atoms with E-state index in [-0.39, 0.29) is 5.91 Å². The molecule has 1 saturated heterocycles. The van der Waals surface area contributed by atoms with Crippen LogP contribution in [0, 0.1) is 0 Å². The van der Waals surface area contributed by atoms with Crippen LogP contribution >= 0.6 is 11.3 Å². The highest BCUT2D eigenvalue weighted by atomic mass is 32.1. The maximum absolute atomic E-state index is 12.7. The Morgan fingerprint density at radius 3 is 2.55 bits per heavy atom. The van der Waals surface area contributed by atoms with E-state index in [4.69, 9.17) is 4.74 Å². The summed E-state index contributed by atoms with van der Waals surface area (Å²) in [5.74, 6) is 1.02. The van der Waals surface area contributed by atoms with Gasteiger partial charge in [0.05, 0.1) is 7.11 Å². The summed E-state index contributed by atoms with van der Waals surface area (Å²) < 4.78 is 5.57. The van der Waals surface area contributed by atoms with Crippen LogP contribution in [-0.4, -0.2) is 56.0 Å². The van der Waals surface area contributed by atoms with Crippen molar-refractivity contribution in [2.45, 2.75) is 25.7 Å². The van der Waals surface area contributed by atoms with Crippen LogP contribution in [0.25, 0.3) is 0 Å². The monoisotopic (exact) mass is 294 g/mol. The quantitative estimate of drug-likeness (QED) is 0.836. The van der Waals surface area contributed by atoms with E-state index in [1.807, 2.05) is 4.90 Å². The molecule has 3 rings (SSSR count). The second-order valence-corrected chi connectivity index (χ2v) is 6.77. The minimum atomic E-state index is 0.161. The standard InChI is InChI=1S/C15H22N2O2S/c1-16-7-9-17(10-8-16)15(18)14-13(19-2)11-5-3-4-6-12(11)20-14/h3-10H2,1-2H3. The molecular weight excluding hydrogens is 272 g/mol. The lowest BCUT2D eigenvalue weighted by molar-refractivity contribution is 0.0666. The first-order valence-corrected chi connectivity index (χ1v) is 8.18. The van der Waals surface area contributed by atoms with Crippen LogP contribution in [0.5, 0.6) is 5.75 Å². The van der Waals surface area contributed by atoms with E-state index in [0.717, 1.165) is 49.6 Å². The predicted molar refractivity (Wildman–Crippen MR) is 80.9 cm³/mol. The maximum atomic E-state index is 12.7. The summed E-state index contributed by atoms with van der Waals surface area (Å²) in [4.78, 5) is 19.2. The van der Waals surface area contributed by atoms with Crippen LogP contribution < -0.4 is 4.74 Å². The number of aryl methyl sites for hydroxylation is 1. The lowest BCUT2D eigenvalue weighted by atomic mass is 9.98. The third kappa shape index (κ3) is 2.44. The largest absolute Gasteiger partial charge is 0.495 e. The number of rotatable bonds is 2. The SMILES string of the molecule is COc1c(C(=O)N2CCN(C)CC2)sc2c1CCCC2. The number of carbonyl (C=O) groups is 1. The molecule has 110 valence electrons. The van der Waals surface area contributed by atoms with Crippen molar-refractivity contribution >= 4 is 17.2 Å². The number of ether oxygens (including phenoxy) is 1. The third-order valence-corrected chi connectivity index (χ3v) is 5.57. The van der Waals surface area contributed by atoms with Crippen molar-refractivity contribution in [3.05, 3.63) is 15.3 Å². The lowest BCUT2D eigenvalue weighted by Gasteiger charge is -2.32. The van der Waals surface area contributed by atoms with Gasteiger partial charge in [0, 0.05) is 36.6 Å². The fourth-order valence-electron chi connectivity index (χ4n) is 3.05. The molecule has 1 amide bonds. The molecule has 20 heavy (non-hydrogen) atoms. The summed E-state index contributed by atoms with van der Waals surface area (Å²) in [6.45, 7) is 3.56. The molecule has 1 aromatic heterocycles. The zero-order valence-electron chi connectivity index (χ0n) is 12.3. The molecule has 2 aliphatic rings. The van der Waals surface area contributed by atoms with Crippen LogP contribution in [0.1, 0.15) is 33.0 Å². The number of hydrogen-bond acceptors (Lipinski definition) is 4. The van der Waals surface area contributed by atoms with Gasteiger partial charge < -0.3 is 14.5 Å². The molecular formula is C15H22N2O2S. The first-order valence-electron chi connectivity index (χ1n) is 7.37. The number of likely N-dealkylation sites (N-methyl/N-ethyl adjacent to an activating group) is 1. The summed E-state index contributed by atoms with van der Waals surface area (Å²) >= 11 is 1.66. The minimum Gasteiger partial charge on any atom is -0.495 e. The molecule has 0 atom stereocenters. The van der Waals surface area contributed by atoms with Gasteiger partial charge in [0.2, 0.25) is 0 Å². The molecule has 4 nitrogen and oxygen atoms in total. The van der Waals surface area contributed by atoms with Crippen LogP contribution in [0.2, 0.25) is 0 Å². The first kappa shape index (κ1) is 13.9.